The third kappa shape index (κ3) is 6.66. The van der Waals surface area contributed by atoms with Gasteiger partial charge in [0.1, 0.15) is 30.1 Å². The predicted octanol–water partition coefficient (Wildman–Crippen LogP) is 6.13. The van der Waals surface area contributed by atoms with Gasteiger partial charge in [0, 0.05) is 29.2 Å². The molecule has 0 fully saturated rings. The lowest BCUT2D eigenvalue weighted by Gasteiger charge is -2.10. The zero-order chi connectivity index (χ0) is 28.8. The predicted molar refractivity (Wildman–Crippen MR) is 151 cm³/mol. The van der Waals surface area contributed by atoms with Crippen molar-refractivity contribution >= 4 is 17.8 Å². The van der Waals surface area contributed by atoms with Gasteiger partial charge in [0.25, 0.3) is 5.69 Å². The molecule has 0 atom stereocenters. The van der Waals surface area contributed by atoms with E-state index in [9.17, 15) is 14.9 Å². The minimum Gasteiger partial charge on any atom is -0.486 e. The minimum atomic E-state index is -0.536. The maximum absolute atomic E-state index is 12.5. The van der Waals surface area contributed by atoms with Crippen LogP contribution in [0.5, 0.6) is 17.4 Å². The quantitative estimate of drug-likeness (QED) is 0.125. The standard InChI is InChI=1S/C30H25N5O6/c1-20-6-7-21(2)34(20)23-8-11-25(12-9-23)39-19-27-13-14-28(40-27)30(36)33-32-17-22-4-3-5-26(16-22)41-29-15-10-24(18-31-29)35(37)38/h3-18H,19H2,1-2H3,(H,33,36)/b32-17+. The van der Waals surface area contributed by atoms with Gasteiger partial charge in [0.15, 0.2) is 5.76 Å². The van der Waals surface area contributed by atoms with Crippen LogP contribution in [-0.2, 0) is 6.61 Å². The molecule has 5 aromatic rings. The van der Waals surface area contributed by atoms with Crippen LogP contribution in [0.2, 0.25) is 0 Å². The molecule has 11 nitrogen and oxygen atoms in total. The number of hydrogen-bond donors (Lipinski definition) is 1. The summed E-state index contributed by atoms with van der Waals surface area (Å²) in [6, 6.07) is 24.7. The summed E-state index contributed by atoms with van der Waals surface area (Å²) in [5, 5.41) is 14.7. The Morgan fingerprint density at radius 1 is 1.02 bits per heavy atom. The molecule has 0 aliphatic carbocycles. The summed E-state index contributed by atoms with van der Waals surface area (Å²) in [5.74, 6) is 1.40. The average molecular weight is 552 g/mol. The summed E-state index contributed by atoms with van der Waals surface area (Å²) in [4.78, 5) is 26.6. The van der Waals surface area contributed by atoms with Gasteiger partial charge < -0.3 is 18.5 Å². The number of nitrogens with one attached hydrogen (secondary N) is 1. The molecule has 0 spiro atoms. The molecule has 3 aromatic heterocycles. The van der Waals surface area contributed by atoms with Gasteiger partial charge in [-0.25, -0.2) is 10.4 Å². The van der Waals surface area contributed by atoms with Gasteiger partial charge in [0.05, 0.1) is 11.1 Å². The summed E-state index contributed by atoms with van der Waals surface area (Å²) in [5.41, 5.74) is 6.30. The molecule has 206 valence electrons. The van der Waals surface area contributed by atoms with E-state index in [4.69, 9.17) is 13.9 Å². The fourth-order valence-corrected chi connectivity index (χ4v) is 4.04. The average Bonchev–Trinajstić information content (AvgIpc) is 3.59. The first-order chi connectivity index (χ1) is 19.9. The zero-order valence-corrected chi connectivity index (χ0v) is 22.2. The second kappa shape index (κ2) is 12.0. The van der Waals surface area contributed by atoms with Gasteiger partial charge >= 0.3 is 5.91 Å². The van der Waals surface area contributed by atoms with Crippen LogP contribution >= 0.6 is 0 Å². The van der Waals surface area contributed by atoms with Crippen molar-refractivity contribution in [2.45, 2.75) is 20.5 Å². The van der Waals surface area contributed by atoms with E-state index in [0.717, 1.165) is 23.3 Å². The van der Waals surface area contributed by atoms with Crippen LogP contribution in [0.1, 0.15) is 33.3 Å². The normalized spacial score (nSPS) is 11.0. The smallest absolute Gasteiger partial charge is 0.307 e. The first kappa shape index (κ1) is 26.9. The molecule has 0 aliphatic heterocycles. The van der Waals surface area contributed by atoms with Crippen molar-refractivity contribution in [1.29, 1.82) is 0 Å². The first-order valence-corrected chi connectivity index (χ1v) is 12.5. The van der Waals surface area contributed by atoms with E-state index in [-0.39, 0.29) is 23.9 Å². The van der Waals surface area contributed by atoms with Crippen LogP contribution in [0.25, 0.3) is 5.69 Å². The van der Waals surface area contributed by atoms with E-state index in [1.165, 1.54) is 18.3 Å². The Bertz CT molecular complexity index is 1680. The lowest BCUT2D eigenvalue weighted by molar-refractivity contribution is -0.385. The van der Waals surface area contributed by atoms with Gasteiger partial charge in [-0.15, -0.1) is 0 Å². The lowest BCUT2D eigenvalue weighted by Crippen LogP contribution is -2.16. The topological polar surface area (TPSA) is 134 Å². The molecule has 0 unspecified atom stereocenters. The molecule has 1 N–H and O–H groups in total. The summed E-state index contributed by atoms with van der Waals surface area (Å²) in [6.07, 6.45) is 2.56. The van der Waals surface area contributed by atoms with E-state index in [0.29, 0.717) is 22.8 Å². The SMILES string of the molecule is Cc1ccc(C)n1-c1ccc(OCc2ccc(C(=O)N/N=C/c3cccc(Oc4ccc([N+](=O)[O-])cn4)c3)o2)cc1. The molecule has 0 radical (unpaired) electrons. The number of carbonyl (C=O) groups is 1. The van der Waals surface area contributed by atoms with Crippen LogP contribution in [-0.4, -0.2) is 26.6 Å². The van der Waals surface area contributed by atoms with Crippen LogP contribution in [0.3, 0.4) is 0 Å². The van der Waals surface area contributed by atoms with E-state index < -0.39 is 10.8 Å². The van der Waals surface area contributed by atoms with Crippen LogP contribution in [0.15, 0.2) is 101 Å². The van der Waals surface area contributed by atoms with Crippen LogP contribution < -0.4 is 14.9 Å². The molecule has 0 saturated carbocycles. The first-order valence-electron chi connectivity index (χ1n) is 12.5. The van der Waals surface area contributed by atoms with Crippen molar-refractivity contribution in [3.63, 3.8) is 0 Å². The van der Waals surface area contributed by atoms with Crippen LogP contribution in [0, 0.1) is 24.0 Å². The maximum atomic E-state index is 12.5. The van der Waals surface area contributed by atoms with E-state index >= 15 is 0 Å². The Morgan fingerprint density at radius 3 is 2.51 bits per heavy atom. The highest BCUT2D eigenvalue weighted by molar-refractivity contribution is 5.92. The lowest BCUT2D eigenvalue weighted by atomic mass is 10.2. The number of hydrazone groups is 1. The summed E-state index contributed by atoms with van der Waals surface area (Å²) in [7, 11) is 0. The second-order valence-corrected chi connectivity index (χ2v) is 8.99. The molecular weight excluding hydrogens is 526 g/mol. The third-order valence-corrected chi connectivity index (χ3v) is 6.02. The van der Waals surface area contributed by atoms with Gasteiger partial charge in [-0.3, -0.25) is 14.9 Å². The molecule has 41 heavy (non-hydrogen) atoms. The molecule has 3 heterocycles. The highest BCUT2D eigenvalue weighted by atomic mass is 16.6. The number of aromatic nitrogens is 2. The van der Waals surface area contributed by atoms with Gasteiger partial charge in [-0.2, -0.15) is 5.10 Å². The number of amides is 1. The molecule has 0 saturated heterocycles. The Morgan fingerprint density at radius 2 is 1.80 bits per heavy atom. The number of nitro groups is 1. The maximum Gasteiger partial charge on any atom is 0.307 e. The number of benzene rings is 2. The van der Waals surface area contributed by atoms with E-state index in [1.54, 1.807) is 36.4 Å². The molecule has 0 aliphatic rings. The van der Waals surface area contributed by atoms with Gasteiger partial charge in [0.2, 0.25) is 5.88 Å². The largest absolute Gasteiger partial charge is 0.486 e. The van der Waals surface area contributed by atoms with E-state index in [1.807, 2.05) is 24.3 Å². The number of hydrogen-bond acceptors (Lipinski definition) is 8. The zero-order valence-electron chi connectivity index (χ0n) is 22.2. The molecule has 11 heteroatoms. The third-order valence-electron chi connectivity index (χ3n) is 6.02. The summed E-state index contributed by atoms with van der Waals surface area (Å²) < 4.78 is 19.2. The molecule has 2 aromatic carbocycles. The van der Waals surface area contributed by atoms with Crippen molar-refractivity contribution in [2.24, 2.45) is 5.10 Å². The number of furan rings is 1. The number of rotatable bonds is 10. The van der Waals surface area contributed by atoms with Crippen molar-refractivity contribution < 1.29 is 23.6 Å². The van der Waals surface area contributed by atoms with Crippen LogP contribution in [0.4, 0.5) is 5.69 Å². The number of nitrogens with zero attached hydrogens (tertiary/aromatic N) is 4. The van der Waals surface area contributed by atoms with Crippen molar-refractivity contribution in [3.05, 3.63) is 130 Å². The Balaban J connectivity index is 1.12. The van der Waals surface area contributed by atoms with Crippen molar-refractivity contribution in [3.8, 4) is 23.1 Å². The molecule has 1 amide bonds. The number of ether oxygens (including phenoxy) is 2. The van der Waals surface area contributed by atoms with Gasteiger partial charge in [-0.1, -0.05) is 12.1 Å². The van der Waals surface area contributed by atoms with Gasteiger partial charge in [-0.05, 0) is 80.1 Å². The van der Waals surface area contributed by atoms with E-state index in [2.05, 4.69) is 46.1 Å². The minimum absolute atomic E-state index is 0.0935. The van der Waals surface area contributed by atoms with Crippen molar-refractivity contribution in [2.75, 3.05) is 0 Å². The van der Waals surface area contributed by atoms with Crippen molar-refractivity contribution in [1.82, 2.24) is 15.0 Å². The monoisotopic (exact) mass is 551 g/mol. The Labute approximate surface area is 234 Å². The second-order valence-electron chi connectivity index (χ2n) is 8.99. The summed E-state index contributed by atoms with van der Waals surface area (Å²) in [6.45, 7) is 4.28. The number of pyridine rings is 1. The highest BCUT2D eigenvalue weighted by Crippen LogP contribution is 2.23. The molecular formula is C30H25N5O6. The number of aryl methyl sites for hydroxylation is 2. The fraction of sp³-hybridized carbons (Fsp3) is 0.100. The fourth-order valence-electron chi connectivity index (χ4n) is 4.04. The number of carbonyl (C=O) groups excluding carboxylic acids is 1. The highest BCUT2D eigenvalue weighted by Gasteiger charge is 2.12. The Kier molecular flexibility index (Phi) is 7.86. The molecule has 0 bridgehead atoms. The Hall–Kier alpha value is -5.71. The molecule has 5 rings (SSSR count). The summed E-state index contributed by atoms with van der Waals surface area (Å²) >= 11 is 0.